The molecule has 2 aliphatic heterocycles. The van der Waals surface area contributed by atoms with E-state index in [0.29, 0.717) is 17.6 Å². The summed E-state index contributed by atoms with van der Waals surface area (Å²) in [5.74, 6) is 0.105. The average molecular weight is 367 g/mol. The minimum Gasteiger partial charge on any atom is -0.480 e. The van der Waals surface area contributed by atoms with Crippen LogP contribution in [0.1, 0.15) is 41.6 Å². The molecular weight excluding hydrogens is 342 g/mol. The first kappa shape index (κ1) is 17.7. The molecule has 142 valence electrons. The highest BCUT2D eigenvalue weighted by Gasteiger charge is 2.41. The highest BCUT2D eigenvalue weighted by molar-refractivity contribution is 5.96. The molecule has 7 heteroatoms. The van der Waals surface area contributed by atoms with E-state index in [0.717, 1.165) is 19.4 Å². The number of hydrogen-bond donors (Lipinski definition) is 2. The molecule has 1 aromatic carbocycles. The maximum absolute atomic E-state index is 12.7. The van der Waals surface area contributed by atoms with Crippen molar-refractivity contribution in [2.24, 2.45) is 0 Å². The van der Waals surface area contributed by atoms with Crippen molar-refractivity contribution in [3.63, 3.8) is 0 Å². The Hall–Kier alpha value is -2.67. The van der Waals surface area contributed by atoms with Gasteiger partial charge in [0, 0.05) is 30.9 Å². The molecule has 3 atom stereocenters. The zero-order valence-corrected chi connectivity index (χ0v) is 15.5. The average Bonchev–Trinajstić information content (AvgIpc) is 2.90. The first-order chi connectivity index (χ1) is 13.1. The van der Waals surface area contributed by atoms with Gasteiger partial charge in [-0.25, -0.2) is 4.98 Å². The highest BCUT2D eigenvalue weighted by Crippen LogP contribution is 2.37. The number of nitrogen functional groups attached to an aromatic ring is 1. The number of nitrogens with one attached hydrogen (secondary N) is 1. The predicted octanol–water partition coefficient (Wildman–Crippen LogP) is 1.99. The van der Waals surface area contributed by atoms with Gasteiger partial charge in [-0.15, -0.1) is 0 Å². The molecule has 4 rings (SSSR count). The summed E-state index contributed by atoms with van der Waals surface area (Å²) in [7, 11) is 1.47. The van der Waals surface area contributed by atoms with Gasteiger partial charge in [0.25, 0.3) is 5.91 Å². The number of anilines is 1. The number of amides is 1. The van der Waals surface area contributed by atoms with E-state index in [-0.39, 0.29) is 23.8 Å². The second kappa shape index (κ2) is 7.52. The molecule has 1 unspecified atom stereocenters. The van der Waals surface area contributed by atoms with Crippen LogP contribution in [0.4, 0.5) is 5.95 Å². The Bertz CT molecular complexity index is 799. The zero-order chi connectivity index (χ0) is 18.8. The molecule has 1 aromatic heterocycles. The van der Waals surface area contributed by atoms with Crippen molar-refractivity contribution in [1.29, 1.82) is 0 Å². The van der Waals surface area contributed by atoms with E-state index in [2.05, 4.69) is 50.5 Å². The van der Waals surface area contributed by atoms with Crippen LogP contribution in [0.25, 0.3) is 0 Å². The zero-order valence-electron chi connectivity index (χ0n) is 15.5. The van der Waals surface area contributed by atoms with Gasteiger partial charge in [0.15, 0.2) is 0 Å². The van der Waals surface area contributed by atoms with E-state index in [4.69, 9.17) is 10.5 Å². The molecule has 2 aliphatic rings. The number of fused-ring (bicyclic) bond motifs is 2. The Morgan fingerprint density at radius 1 is 1.26 bits per heavy atom. The number of benzene rings is 1. The van der Waals surface area contributed by atoms with Gasteiger partial charge in [-0.2, -0.15) is 4.98 Å². The fourth-order valence-electron chi connectivity index (χ4n) is 4.40. The number of aromatic nitrogens is 2. The third-order valence-electron chi connectivity index (χ3n) is 5.64. The van der Waals surface area contributed by atoms with Crippen LogP contribution in [0, 0.1) is 0 Å². The molecule has 1 amide bonds. The Balaban J connectivity index is 1.41. The summed E-state index contributed by atoms with van der Waals surface area (Å²) in [6.45, 7) is 0.983. The van der Waals surface area contributed by atoms with Crippen molar-refractivity contribution in [1.82, 2.24) is 20.2 Å². The molecule has 7 nitrogen and oxygen atoms in total. The normalized spacial score (nSPS) is 24.6. The molecule has 0 spiro atoms. The summed E-state index contributed by atoms with van der Waals surface area (Å²) in [6, 6.07) is 11.8. The first-order valence-corrected chi connectivity index (χ1v) is 9.41. The number of hydrogen-bond acceptors (Lipinski definition) is 6. The van der Waals surface area contributed by atoms with Gasteiger partial charge in [0.1, 0.15) is 5.56 Å². The lowest BCUT2D eigenvalue weighted by molar-refractivity contribution is 0.0824. The van der Waals surface area contributed by atoms with Gasteiger partial charge in [-0.05, 0) is 31.2 Å². The minimum atomic E-state index is -0.201. The summed E-state index contributed by atoms with van der Waals surface area (Å²) >= 11 is 0. The molecule has 2 bridgehead atoms. The van der Waals surface area contributed by atoms with Gasteiger partial charge in [-0.3, -0.25) is 9.69 Å². The predicted molar refractivity (Wildman–Crippen MR) is 102 cm³/mol. The van der Waals surface area contributed by atoms with E-state index < -0.39 is 0 Å². The number of carbonyl (C=O) groups is 1. The fourth-order valence-corrected chi connectivity index (χ4v) is 4.40. The molecule has 27 heavy (non-hydrogen) atoms. The van der Waals surface area contributed by atoms with E-state index >= 15 is 0 Å². The van der Waals surface area contributed by atoms with Crippen LogP contribution in [0.3, 0.4) is 0 Å². The van der Waals surface area contributed by atoms with E-state index in [9.17, 15) is 4.79 Å². The summed E-state index contributed by atoms with van der Waals surface area (Å²) in [5.41, 5.74) is 7.24. The highest BCUT2D eigenvalue weighted by atomic mass is 16.5. The van der Waals surface area contributed by atoms with Gasteiger partial charge in [0.2, 0.25) is 11.8 Å². The van der Waals surface area contributed by atoms with E-state index in [1.54, 1.807) is 0 Å². The maximum Gasteiger partial charge on any atom is 0.258 e. The lowest BCUT2D eigenvalue weighted by atomic mass is 9.96. The van der Waals surface area contributed by atoms with Gasteiger partial charge >= 0.3 is 0 Å². The van der Waals surface area contributed by atoms with Crippen LogP contribution in [-0.2, 0) is 6.54 Å². The van der Waals surface area contributed by atoms with Crippen LogP contribution >= 0.6 is 0 Å². The molecule has 2 aromatic rings. The van der Waals surface area contributed by atoms with Crippen LogP contribution in [0.15, 0.2) is 36.5 Å². The van der Waals surface area contributed by atoms with Crippen molar-refractivity contribution in [2.45, 2.75) is 50.4 Å². The molecule has 3 N–H and O–H groups in total. The van der Waals surface area contributed by atoms with Crippen LogP contribution in [0.5, 0.6) is 5.88 Å². The molecular formula is C20H25N5O2. The smallest absolute Gasteiger partial charge is 0.258 e. The molecule has 0 aliphatic carbocycles. The number of piperidine rings is 1. The summed E-state index contributed by atoms with van der Waals surface area (Å²) in [5, 5.41) is 3.15. The minimum absolute atomic E-state index is 0.0932. The fraction of sp³-hybridized carbons (Fsp3) is 0.450. The summed E-state index contributed by atoms with van der Waals surface area (Å²) in [4.78, 5) is 23.2. The topological polar surface area (TPSA) is 93.4 Å². The number of rotatable bonds is 5. The second-order valence-electron chi connectivity index (χ2n) is 7.34. The van der Waals surface area contributed by atoms with E-state index in [1.807, 2.05) is 0 Å². The van der Waals surface area contributed by atoms with Crippen molar-refractivity contribution < 1.29 is 9.53 Å². The Morgan fingerprint density at radius 2 is 1.96 bits per heavy atom. The van der Waals surface area contributed by atoms with Gasteiger partial charge in [-0.1, -0.05) is 30.3 Å². The van der Waals surface area contributed by atoms with Crippen LogP contribution in [-0.4, -0.2) is 46.0 Å². The lowest BCUT2D eigenvalue weighted by Gasteiger charge is -2.39. The van der Waals surface area contributed by atoms with Gasteiger partial charge < -0.3 is 15.8 Å². The number of ether oxygens (including phenoxy) is 1. The van der Waals surface area contributed by atoms with Crippen molar-refractivity contribution in [3.8, 4) is 5.88 Å². The van der Waals surface area contributed by atoms with E-state index in [1.165, 1.54) is 31.7 Å². The Morgan fingerprint density at radius 3 is 2.63 bits per heavy atom. The number of nitrogens with zero attached hydrogens (tertiary/aromatic N) is 3. The standard InChI is InChI=1S/C20H25N5O2/c1-27-19-17(11-22-20(21)24-19)18(26)23-14-9-15-7-8-16(10-14)25(15)12-13-5-3-2-4-6-13/h2-6,11,14-16H,7-10,12H2,1H3,(H,23,26)(H2,21,22,24)/t14?,15-,16+. The first-order valence-electron chi connectivity index (χ1n) is 9.41. The summed E-state index contributed by atoms with van der Waals surface area (Å²) in [6.07, 6.45) is 5.74. The van der Waals surface area contributed by atoms with Crippen molar-refractivity contribution >= 4 is 11.9 Å². The number of nitrogens with two attached hydrogens (primary N) is 1. The quantitative estimate of drug-likeness (QED) is 0.839. The van der Waals surface area contributed by atoms with Crippen LogP contribution in [0.2, 0.25) is 0 Å². The number of carbonyl (C=O) groups excluding carboxylic acids is 1. The largest absolute Gasteiger partial charge is 0.480 e. The maximum atomic E-state index is 12.7. The van der Waals surface area contributed by atoms with Gasteiger partial charge in [0.05, 0.1) is 7.11 Å². The lowest BCUT2D eigenvalue weighted by Crippen LogP contribution is -2.50. The Labute approximate surface area is 158 Å². The third kappa shape index (κ3) is 3.73. The van der Waals surface area contributed by atoms with Crippen molar-refractivity contribution in [3.05, 3.63) is 47.7 Å². The molecule has 2 saturated heterocycles. The van der Waals surface area contributed by atoms with Crippen molar-refractivity contribution in [2.75, 3.05) is 12.8 Å². The number of methoxy groups -OCH3 is 1. The second-order valence-corrected chi connectivity index (χ2v) is 7.34. The monoisotopic (exact) mass is 367 g/mol. The third-order valence-corrected chi connectivity index (χ3v) is 5.64. The molecule has 0 saturated carbocycles. The molecule has 3 heterocycles. The SMILES string of the molecule is COc1nc(N)ncc1C(=O)NC1C[C@H]2CC[C@@H](C1)N2Cc1ccccc1. The van der Waals surface area contributed by atoms with Crippen LogP contribution < -0.4 is 15.8 Å². The molecule has 0 radical (unpaired) electrons. The summed E-state index contributed by atoms with van der Waals surface area (Å²) < 4.78 is 5.17. The molecule has 2 fully saturated rings. The Kier molecular flexibility index (Phi) is 4.94.